The lowest BCUT2D eigenvalue weighted by Crippen LogP contribution is -2.40. The number of carboxylic acid groups (broad SMARTS) is 1. The normalized spacial score (nSPS) is 11.8. The molecule has 4 nitrogen and oxygen atoms in total. The Morgan fingerprint density at radius 3 is 2.31 bits per heavy atom. The molecular weight excluding hydrogens is 326 g/mol. The summed E-state index contributed by atoms with van der Waals surface area (Å²) in [5, 5.41) is 14.1. The lowest BCUT2D eigenvalue weighted by atomic mass is 10.0. The molecule has 0 fully saturated rings. The molecule has 0 aliphatic heterocycles. The number of aliphatic carboxylic acids is 1. The molecule has 3 rings (SSSR count). The average Bonchev–Trinajstić information content (AvgIpc) is 2.67. The van der Waals surface area contributed by atoms with Crippen LogP contribution in [-0.2, 0) is 11.2 Å². The predicted molar refractivity (Wildman–Crippen MR) is 102 cm³/mol. The van der Waals surface area contributed by atoms with Crippen molar-refractivity contribution < 1.29 is 14.7 Å². The first kappa shape index (κ1) is 17.7. The Morgan fingerprint density at radius 2 is 1.58 bits per heavy atom. The molecule has 0 bridgehead atoms. The van der Waals surface area contributed by atoms with Crippen molar-refractivity contribution in [1.82, 2.24) is 5.32 Å². The molecule has 0 radical (unpaired) electrons. The van der Waals surface area contributed by atoms with Crippen molar-refractivity contribution in [3.05, 3.63) is 83.9 Å². The molecule has 0 aliphatic carbocycles. The van der Waals surface area contributed by atoms with Crippen molar-refractivity contribution in [2.45, 2.75) is 25.3 Å². The van der Waals surface area contributed by atoms with Crippen LogP contribution in [0.4, 0.5) is 0 Å². The van der Waals surface area contributed by atoms with Gasteiger partial charge in [0, 0.05) is 5.56 Å². The van der Waals surface area contributed by atoms with Gasteiger partial charge in [-0.1, -0.05) is 60.7 Å². The van der Waals surface area contributed by atoms with E-state index in [1.807, 2.05) is 60.7 Å². The number of hydrogen-bond acceptors (Lipinski definition) is 2. The molecule has 26 heavy (non-hydrogen) atoms. The van der Waals surface area contributed by atoms with Gasteiger partial charge in [0.1, 0.15) is 6.04 Å². The van der Waals surface area contributed by atoms with Crippen LogP contribution in [0, 0.1) is 0 Å². The van der Waals surface area contributed by atoms with Crippen molar-refractivity contribution >= 4 is 22.6 Å². The Bertz CT molecular complexity index is 905. The highest BCUT2D eigenvalue weighted by atomic mass is 16.4. The van der Waals surface area contributed by atoms with Crippen LogP contribution in [0.15, 0.2) is 72.8 Å². The summed E-state index contributed by atoms with van der Waals surface area (Å²) in [5.41, 5.74) is 1.63. The molecule has 0 saturated carbocycles. The molecule has 3 aromatic carbocycles. The number of carbonyl (C=O) groups excluding carboxylic acids is 1. The number of carboxylic acids is 1. The van der Waals surface area contributed by atoms with Crippen molar-refractivity contribution in [2.75, 3.05) is 0 Å². The molecule has 0 heterocycles. The third-order valence-electron chi connectivity index (χ3n) is 4.42. The quantitative estimate of drug-likeness (QED) is 0.678. The fourth-order valence-electron chi connectivity index (χ4n) is 2.98. The Kier molecular flexibility index (Phi) is 5.64. The van der Waals surface area contributed by atoms with Crippen molar-refractivity contribution in [3.63, 3.8) is 0 Å². The van der Waals surface area contributed by atoms with E-state index in [4.69, 9.17) is 0 Å². The lowest BCUT2D eigenvalue weighted by Gasteiger charge is -2.15. The Hall–Kier alpha value is -3.14. The van der Waals surface area contributed by atoms with Crippen LogP contribution in [-0.4, -0.2) is 23.0 Å². The molecule has 1 amide bonds. The number of carbonyl (C=O) groups is 2. The SMILES string of the molecule is O=C(N[C@H](CCCc1ccccc1)C(=O)O)c1ccc2ccccc2c1. The molecular formula is C22H21NO3. The van der Waals surface area contributed by atoms with Gasteiger partial charge in [-0.15, -0.1) is 0 Å². The lowest BCUT2D eigenvalue weighted by molar-refractivity contribution is -0.139. The zero-order valence-corrected chi connectivity index (χ0v) is 14.4. The van der Waals surface area contributed by atoms with Crippen molar-refractivity contribution in [2.24, 2.45) is 0 Å². The highest BCUT2D eigenvalue weighted by Gasteiger charge is 2.20. The van der Waals surface area contributed by atoms with E-state index < -0.39 is 12.0 Å². The molecule has 2 N–H and O–H groups in total. The summed E-state index contributed by atoms with van der Waals surface area (Å²) in [6.07, 6.45) is 1.87. The summed E-state index contributed by atoms with van der Waals surface area (Å²) in [4.78, 5) is 24.0. The number of amides is 1. The van der Waals surface area contributed by atoms with Crippen LogP contribution in [0.1, 0.15) is 28.8 Å². The first-order valence-electron chi connectivity index (χ1n) is 8.70. The van der Waals surface area contributed by atoms with Crippen LogP contribution in [0.2, 0.25) is 0 Å². The Balaban J connectivity index is 1.62. The highest BCUT2D eigenvalue weighted by Crippen LogP contribution is 2.16. The van der Waals surface area contributed by atoms with Crippen molar-refractivity contribution in [1.29, 1.82) is 0 Å². The molecule has 0 spiro atoms. The van der Waals surface area contributed by atoms with E-state index in [0.717, 1.165) is 22.8 Å². The fourth-order valence-corrected chi connectivity index (χ4v) is 2.98. The van der Waals surface area contributed by atoms with Gasteiger partial charge in [0.25, 0.3) is 5.91 Å². The summed E-state index contributed by atoms with van der Waals surface area (Å²) in [5.74, 6) is -1.37. The summed E-state index contributed by atoms with van der Waals surface area (Å²) < 4.78 is 0. The molecule has 132 valence electrons. The van der Waals surface area contributed by atoms with Gasteiger partial charge in [0.05, 0.1) is 0 Å². The number of fused-ring (bicyclic) bond motifs is 1. The minimum atomic E-state index is -1.01. The number of rotatable bonds is 7. The van der Waals surface area contributed by atoms with E-state index in [0.29, 0.717) is 18.4 Å². The minimum absolute atomic E-state index is 0.358. The van der Waals surface area contributed by atoms with E-state index in [1.165, 1.54) is 0 Å². The minimum Gasteiger partial charge on any atom is -0.480 e. The van der Waals surface area contributed by atoms with Gasteiger partial charge in [0.15, 0.2) is 0 Å². The number of hydrogen-bond donors (Lipinski definition) is 2. The average molecular weight is 347 g/mol. The molecule has 0 unspecified atom stereocenters. The second-order valence-electron chi connectivity index (χ2n) is 6.30. The zero-order valence-electron chi connectivity index (χ0n) is 14.4. The molecule has 3 aromatic rings. The molecule has 0 aliphatic rings. The predicted octanol–water partition coefficient (Wildman–Crippen LogP) is 4.05. The van der Waals surface area contributed by atoms with Gasteiger partial charge in [0.2, 0.25) is 0 Å². The van der Waals surface area contributed by atoms with Crippen LogP contribution in [0.5, 0.6) is 0 Å². The molecule has 0 aromatic heterocycles. The van der Waals surface area contributed by atoms with Gasteiger partial charge in [-0.2, -0.15) is 0 Å². The Morgan fingerprint density at radius 1 is 0.885 bits per heavy atom. The summed E-state index contributed by atoms with van der Waals surface area (Å²) in [6, 6.07) is 22.2. The van der Waals surface area contributed by atoms with Gasteiger partial charge in [-0.05, 0) is 47.7 Å². The van der Waals surface area contributed by atoms with E-state index in [2.05, 4.69) is 5.32 Å². The number of nitrogens with one attached hydrogen (secondary N) is 1. The maximum atomic E-state index is 12.5. The van der Waals surface area contributed by atoms with E-state index >= 15 is 0 Å². The van der Waals surface area contributed by atoms with Gasteiger partial charge < -0.3 is 10.4 Å². The fraction of sp³-hybridized carbons (Fsp3) is 0.182. The Labute approximate surface area is 152 Å². The van der Waals surface area contributed by atoms with Crippen LogP contribution in [0.25, 0.3) is 10.8 Å². The van der Waals surface area contributed by atoms with E-state index in [9.17, 15) is 14.7 Å². The second kappa shape index (κ2) is 8.30. The third kappa shape index (κ3) is 4.48. The first-order chi connectivity index (χ1) is 12.6. The zero-order chi connectivity index (χ0) is 18.4. The molecule has 0 saturated heterocycles. The summed E-state index contributed by atoms with van der Waals surface area (Å²) >= 11 is 0. The second-order valence-corrected chi connectivity index (χ2v) is 6.30. The van der Waals surface area contributed by atoms with E-state index in [1.54, 1.807) is 12.1 Å². The first-order valence-corrected chi connectivity index (χ1v) is 8.70. The topological polar surface area (TPSA) is 66.4 Å². The molecule has 4 heteroatoms. The van der Waals surface area contributed by atoms with Gasteiger partial charge in [-0.3, -0.25) is 4.79 Å². The maximum absolute atomic E-state index is 12.5. The molecule has 1 atom stereocenters. The summed E-state index contributed by atoms with van der Waals surface area (Å²) in [6.45, 7) is 0. The van der Waals surface area contributed by atoms with Gasteiger partial charge in [-0.25, -0.2) is 4.79 Å². The summed E-state index contributed by atoms with van der Waals surface area (Å²) in [7, 11) is 0. The van der Waals surface area contributed by atoms with E-state index in [-0.39, 0.29) is 5.91 Å². The van der Waals surface area contributed by atoms with Crippen molar-refractivity contribution in [3.8, 4) is 0 Å². The standard InChI is InChI=1S/C22H21NO3/c24-21(19-14-13-17-10-4-5-11-18(17)15-19)23-20(22(25)26)12-6-9-16-7-2-1-3-8-16/h1-5,7-8,10-11,13-15,20H,6,9,12H2,(H,23,24)(H,25,26)/t20-/m1/s1. The smallest absolute Gasteiger partial charge is 0.326 e. The van der Waals surface area contributed by atoms with Gasteiger partial charge >= 0.3 is 5.97 Å². The van der Waals surface area contributed by atoms with Crippen LogP contribution >= 0.6 is 0 Å². The largest absolute Gasteiger partial charge is 0.480 e. The number of benzene rings is 3. The third-order valence-corrected chi connectivity index (χ3v) is 4.42. The number of aryl methyl sites for hydroxylation is 1. The van der Waals surface area contributed by atoms with Crippen LogP contribution < -0.4 is 5.32 Å². The maximum Gasteiger partial charge on any atom is 0.326 e. The highest BCUT2D eigenvalue weighted by molar-refractivity contribution is 6.00. The monoisotopic (exact) mass is 347 g/mol. The van der Waals surface area contributed by atoms with Crippen LogP contribution in [0.3, 0.4) is 0 Å².